The van der Waals surface area contributed by atoms with Gasteiger partial charge in [-0.05, 0) is 68.0 Å². The van der Waals surface area contributed by atoms with Crippen molar-refractivity contribution in [2.24, 2.45) is 5.92 Å². The molecule has 2 aromatic carbocycles. The van der Waals surface area contributed by atoms with Gasteiger partial charge in [-0.3, -0.25) is 14.3 Å². The molecule has 1 atom stereocenters. The predicted molar refractivity (Wildman–Crippen MR) is 139 cm³/mol. The molecular formula is C27H33BrFN3O3. The Morgan fingerprint density at radius 2 is 1.97 bits per heavy atom. The summed E-state index contributed by atoms with van der Waals surface area (Å²) in [7, 11) is 1.60. The van der Waals surface area contributed by atoms with Crippen molar-refractivity contribution >= 4 is 38.5 Å². The van der Waals surface area contributed by atoms with Gasteiger partial charge in [0.05, 0.1) is 17.7 Å². The van der Waals surface area contributed by atoms with Crippen LogP contribution in [0.2, 0.25) is 0 Å². The lowest BCUT2D eigenvalue weighted by atomic mass is 9.95. The third kappa shape index (κ3) is 7.21. The Bertz CT molecular complexity index is 1180. The number of aryl methyl sites for hydroxylation is 1. The van der Waals surface area contributed by atoms with Crippen molar-refractivity contribution in [3.8, 4) is 0 Å². The van der Waals surface area contributed by atoms with Gasteiger partial charge in [-0.15, -0.1) is 0 Å². The Morgan fingerprint density at radius 3 is 2.69 bits per heavy atom. The number of Topliss-reactive ketones (excluding diaryl/α,β-unsaturated/α-hetero) is 1. The van der Waals surface area contributed by atoms with Crippen LogP contribution >= 0.6 is 15.9 Å². The van der Waals surface area contributed by atoms with E-state index in [-0.39, 0.29) is 17.3 Å². The van der Waals surface area contributed by atoms with Crippen molar-refractivity contribution in [3.05, 3.63) is 63.5 Å². The number of nitrogens with one attached hydrogen (secondary N) is 1. The second-order valence-corrected chi connectivity index (χ2v) is 9.78. The van der Waals surface area contributed by atoms with Crippen LogP contribution < -0.4 is 5.32 Å². The van der Waals surface area contributed by atoms with Crippen molar-refractivity contribution in [1.82, 2.24) is 15.1 Å². The Labute approximate surface area is 214 Å². The van der Waals surface area contributed by atoms with Crippen LogP contribution in [0.25, 0.3) is 10.9 Å². The highest BCUT2D eigenvalue weighted by atomic mass is 79.9. The molecule has 8 heteroatoms. The number of methoxy groups -OCH3 is 1. The molecule has 0 saturated carbocycles. The number of carbonyl (C=O) groups is 2. The van der Waals surface area contributed by atoms with E-state index in [4.69, 9.17) is 9.84 Å². The van der Waals surface area contributed by atoms with Crippen LogP contribution in [0.15, 0.2) is 41.0 Å². The molecule has 1 amide bonds. The number of amides is 1. The maximum Gasteiger partial charge on any atom is 0.251 e. The number of carbonyl (C=O) groups excluding carboxylic acids is 2. The van der Waals surface area contributed by atoms with E-state index in [1.807, 2.05) is 29.9 Å². The van der Waals surface area contributed by atoms with Crippen LogP contribution in [-0.4, -0.2) is 41.7 Å². The van der Waals surface area contributed by atoms with Gasteiger partial charge in [-0.1, -0.05) is 29.3 Å². The van der Waals surface area contributed by atoms with Gasteiger partial charge in [0.25, 0.3) is 5.91 Å². The minimum atomic E-state index is -0.486. The highest BCUT2D eigenvalue weighted by Gasteiger charge is 2.17. The van der Waals surface area contributed by atoms with Crippen LogP contribution in [0.5, 0.6) is 0 Å². The van der Waals surface area contributed by atoms with E-state index >= 15 is 0 Å². The zero-order chi connectivity index (χ0) is 25.4. The Balaban J connectivity index is 1.64. The molecule has 1 aromatic heterocycles. The van der Waals surface area contributed by atoms with Crippen molar-refractivity contribution in [2.75, 3.05) is 20.3 Å². The lowest BCUT2D eigenvalue weighted by Gasteiger charge is -2.16. The average Bonchev–Trinajstić information content (AvgIpc) is 3.23. The molecule has 35 heavy (non-hydrogen) atoms. The van der Waals surface area contributed by atoms with Crippen molar-refractivity contribution in [2.45, 2.75) is 52.5 Å². The molecule has 0 aliphatic heterocycles. The van der Waals surface area contributed by atoms with Gasteiger partial charge >= 0.3 is 0 Å². The standard InChI is InChI=1S/C27H33BrFN3O3/c1-4-6-19(7-5-8-26(33)22-10-9-20(28)15-24(22)29)16-32-17-23-18(2)21(11-12-25(23)31-32)27(34)30-13-14-35-3/h9-12,15,17,19H,4-8,13-14,16H2,1-3H3,(H,30,34). The van der Waals surface area contributed by atoms with Crippen LogP contribution in [0.1, 0.15) is 65.3 Å². The maximum atomic E-state index is 14.1. The van der Waals surface area contributed by atoms with Crippen LogP contribution in [0, 0.1) is 18.7 Å². The number of ether oxygens (including phenoxy) is 1. The first-order valence-electron chi connectivity index (χ1n) is 12.1. The summed E-state index contributed by atoms with van der Waals surface area (Å²) in [6.45, 7) is 5.75. The predicted octanol–water partition coefficient (Wildman–Crippen LogP) is 6.09. The quantitative estimate of drug-likeness (QED) is 0.208. The first kappa shape index (κ1) is 27.0. The zero-order valence-electron chi connectivity index (χ0n) is 20.6. The molecule has 0 spiro atoms. The Hall–Kier alpha value is -2.58. The zero-order valence-corrected chi connectivity index (χ0v) is 22.2. The van der Waals surface area contributed by atoms with Crippen LogP contribution in [-0.2, 0) is 11.3 Å². The molecule has 0 saturated heterocycles. The van der Waals surface area contributed by atoms with Crippen molar-refractivity contribution < 1.29 is 18.7 Å². The third-order valence-electron chi connectivity index (χ3n) is 6.23. The largest absolute Gasteiger partial charge is 0.383 e. The number of benzene rings is 2. The molecule has 0 fully saturated rings. The Morgan fingerprint density at radius 1 is 1.20 bits per heavy atom. The summed E-state index contributed by atoms with van der Waals surface area (Å²) in [5.74, 6) is -0.416. The fraction of sp³-hybridized carbons (Fsp3) is 0.444. The highest BCUT2D eigenvalue weighted by Crippen LogP contribution is 2.24. The number of rotatable bonds is 13. The summed E-state index contributed by atoms with van der Waals surface area (Å²) in [5, 5.41) is 8.55. The van der Waals surface area contributed by atoms with Gasteiger partial charge in [-0.2, -0.15) is 5.10 Å². The molecule has 0 aliphatic carbocycles. The van der Waals surface area contributed by atoms with Gasteiger partial charge in [0.1, 0.15) is 5.82 Å². The van der Waals surface area contributed by atoms with Crippen molar-refractivity contribution in [3.63, 3.8) is 0 Å². The molecule has 1 unspecified atom stereocenters. The second kappa shape index (κ2) is 12.9. The van der Waals surface area contributed by atoms with Crippen molar-refractivity contribution in [1.29, 1.82) is 0 Å². The summed E-state index contributed by atoms with van der Waals surface area (Å²) >= 11 is 3.22. The summed E-state index contributed by atoms with van der Waals surface area (Å²) < 4.78 is 21.7. The SMILES string of the molecule is CCCC(CCCC(=O)c1ccc(Br)cc1F)Cn1cc2c(C)c(C(=O)NCCOC)ccc2n1. The van der Waals surface area contributed by atoms with E-state index in [1.165, 1.54) is 12.1 Å². The van der Waals surface area contributed by atoms with Gasteiger partial charge < -0.3 is 10.1 Å². The minimum absolute atomic E-state index is 0.120. The smallest absolute Gasteiger partial charge is 0.251 e. The summed E-state index contributed by atoms with van der Waals surface area (Å²) in [5.41, 5.74) is 2.54. The summed E-state index contributed by atoms with van der Waals surface area (Å²) in [6, 6.07) is 8.24. The normalized spacial score (nSPS) is 12.1. The first-order chi connectivity index (χ1) is 16.8. The molecule has 1 heterocycles. The van der Waals surface area contributed by atoms with Gasteiger partial charge in [0, 0.05) is 48.2 Å². The highest BCUT2D eigenvalue weighted by molar-refractivity contribution is 9.10. The number of ketones is 1. The number of nitrogens with zero attached hydrogens (tertiary/aromatic N) is 2. The Kier molecular flexibility index (Phi) is 9.98. The molecule has 188 valence electrons. The van der Waals surface area contributed by atoms with Gasteiger partial charge in [0.2, 0.25) is 0 Å². The van der Waals surface area contributed by atoms with E-state index in [2.05, 4.69) is 28.2 Å². The van der Waals surface area contributed by atoms with E-state index in [0.29, 0.717) is 41.9 Å². The number of hydrogen-bond donors (Lipinski definition) is 1. The molecule has 1 N–H and O–H groups in total. The fourth-order valence-electron chi connectivity index (χ4n) is 4.38. The summed E-state index contributed by atoms with van der Waals surface area (Å²) in [4.78, 5) is 25.0. The molecule has 0 bridgehead atoms. The van der Waals surface area contributed by atoms with Gasteiger partial charge in [0.15, 0.2) is 5.78 Å². The topological polar surface area (TPSA) is 73.2 Å². The molecule has 0 aliphatic rings. The van der Waals surface area contributed by atoms with E-state index in [1.54, 1.807) is 13.2 Å². The fourth-order valence-corrected chi connectivity index (χ4v) is 4.72. The van der Waals surface area contributed by atoms with E-state index in [0.717, 1.165) is 42.3 Å². The van der Waals surface area contributed by atoms with Crippen LogP contribution in [0.3, 0.4) is 0 Å². The minimum Gasteiger partial charge on any atom is -0.383 e. The lowest BCUT2D eigenvalue weighted by Crippen LogP contribution is -2.27. The second-order valence-electron chi connectivity index (χ2n) is 8.87. The molecular weight excluding hydrogens is 513 g/mol. The number of fused-ring (bicyclic) bond motifs is 1. The monoisotopic (exact) mass is 545 g/mol. The lowest BCUT2D eigenvalue weighted by molar-refractivity contribution is 0.0935. The molecule has 6 nitrogen and oxygen atoms in total. The molecule has 0 radical (unpaired) electrons. The molecule has 3 aromatic rings. The first-order valence-corrected chi connectivity index (χ1v) is 12.9. The third-order valence-corrected chi connectivity index (χ3v) is 6.73. The maximum absolute atomic E-state index is 14.1. The van der Waals surface area contributed by atoms with E-state index in [9.17, 15) is 14.0 Å². The van der Waals surface area contributed by atoms with E-state index < -0.39 is 5.82 Å². The number of hydrogen-bond acceptors (Lipinski definition) is 4. The number of halogens is 2. The number of aromatic nitrogens is 2. The van der Waals surface area contributed by atoms with Gasteiger partial charge in [-0.25, -0.2) is 4.39 Å². The molecule has 3 rings (SSSR count). The van der Waals surface area contributed by atoms with Crippen LogP contribution in [0.4, 0.5) is 4.39 Å². The average molecular weight is 546 g/mol. The summed E-state index contributed by atoms with van der Waals surface area (Å²) in [6.07, 6.45) is 5.93.